The molecule has 18 heavy (non-hydrogen) atoms. The lowest BCUT2D eigenvalue weighted by Gasteiger charge is -2.27. The molecule has 0 radical (unpaired) electrons. The Hall–Kier alpha value is -0.870. The van der Waals surface area contributed by atoms with Gasteiger partial charge in [0.25, 0.3) is 0 Å². The summed E-state index contributed by atoms with van der Waals surface area (Å²) in [5, 5.41) is 9.74. The SMILES string of the molecule is CC(C)(C)C1CCN(c2ncnc(Cl)c2CO)C1. The molecule has 2 rings (SSSR count). The smallest absolute Gasteiger partial charge is 0.140 e. The average molecular weight is 270 g/mol. The number of anilines is 1. The summed E-state index contributed by atoms with van der Waals surface area (Å²) in [7, 11) is 0. The standard InChI is InChI=1S/C13H20ClN3O/c1-13(2,3)9-4-5-17(6-9)12-10(7-18)11(14)15-8-16-12/h8-9,18H,4-7H2,1-3H3. The van der Waals surface area contributed by atoms with Gasteiger partial charge in [-0.1, -0.05) is 32.4 Å². The molecule has 4 nitrogen and oxygen atoms in total. The number of hydrogen-bond donors (Lipinski definition) is 1. The van der Waals surface area contributed by atoms with Crippen molar-refractivity contribution in [1.82, 2.24) is 9.97 Å². The van der Waals surface area contributed by atoms with E-state index in [1.54, 1.807) is 0 Å². The zero-order valence-electron chi connectivity index (χ0n) is 11.1. The molecule has 1 unspecified atom stereocenters. The molecule has 0 bridgehead atoms. The van der Waals surface area contributed by atoms with E-state index in [0.717, 1.165) is 25.3 Å². The summed E-state index contributed by atoms with van der Waals surface area (Å²) in [5.74, 6) is 1.42. The van der Waals surface area contributed by atoms with Gasteiger partial charge in [-0.25, -0.2) is 9.97 Å². The first-order valence-corrected chi connectivity index (χ1v) is 6.66. The predicted octanol–water partition coefficient (Wildman–Crippen LogP) is 2.49. The number of aliphatic hydroxyl groups excluding tert-OH is 1. The maximum absolute atomic E-state index is 9.39. The minimum Gasteiger partial charge on any atom is -0.391 e. The lowest BCUT2D eigenvalue weighted by molar-refractivity contribution is 0.263. The monoisotopic (exact) mass is 269 g/mol. The van der Waals surface area contributed by atoms with Crippen LogP contribution < -0.4 is 4.90 Å². The number of nitrogens with zero attached hydrogens (tertiary/aromatic N) is 3. The molecule has 1 atom stereocenters. The zero-order chi connectivity index (χ0) is 13.3. The van der Waals surface area contributed by atoms with E-state index in [2.05, 4.69) is 35.6 Å². The van der Waals surface area contributed by atoms with Gasteiger partial charge in [-0.2, -0.15) is 0 Å². The van der Waals surface area contributed by atoms with Gasteiger partial charge in [0.15, 0.2) is 0 Å². The van der Waals surface area contributed by atoms with Gasteiger partial charge in [-0.3, -0.25) is 0 Å². The Balaban J connectivity index is 2.22. The fraction of sp³-hybridized carbons (Fsp3) is 0.692. The molecule has 0 aliphatic carbocycles. The van der Waals surface area contributed by atoms with Gasteiger partial charge in [0.05, 0.1) is 12.2 Å². The normalized spacial score (nSPS) is 20.5. The highest BCUT2D eigenvalue weighted by molar-refractivity contribution is 6.30. The molecule has 0 amide bonds. The average Bonchev–Trinajstić information content (AvgIpc) is 2.77. The first kappa shape index (κ1) is 13.6. The second-order valence-corrected chi connectivity index (χ2v) is 6.28. The lowest BCUT2D eigenvalue weighted by Crippen LogP contribution is -2.27. The molecule has 1 aliphatic heterocycles. The van der Waals surface area contributed by atoms with Gasteiger partial charge in [-0.15, -0.1) is 0 Å². The lowest BCUT2D eigenvalue weighted by atomic mass is 9.80. The number of rotatable bonds is 2. The minimum absolute atomic E-state index is 0.119. The van der Waals surface area contributed by atoms with E-state index in [9.17, 15) is 5.11 Å². The highest BCUT2D eigenvalue weighted by Gasteiger charge is 2.33. The molecular weight excluding hydrogens is 250 g/mol. The quantitative estimate of drug-likeness (QED) is 0.838. The summed E-state index contributed by atoms with van der Waals surface area (Å²) >= 11 is 6.00. The van der Waals surface area contributed by atoms with Crippen molar-refractivity contribution >= 4 is 17.4 Å². The second kappa shape index (κ2) is 5.02. The maximum Gasteiger partial charge on any atom is 0.140 e. The fourth-order valence-electron chi connectivity index (χ4n) is 2.45. The Kier molecular flexibility index (Phi) is 3.78. The maximum atomic E-state index is 9.39. The first-order valence-electron chi connectivity index (χ1n) is 6.28. The van der Waals surface area contributed by atoms with Crippen LogP contribution in [0.25, 0.3) is 0 Å². The fourth-order valence-corrected chi connectivity index (χ4v) is 2.64. The summed E-state index contributed by atoms with van der Waals surface area (Å²) in [6, 6.07) is 0. The Morgan fingerprint density at radius 1 is 1.44 bits per heavy atom. The van der Waals surface area contributed by atoms with Crippen molar-refractivity contribution in [3.8, 4) is 0 Å². The molecule has 1 aliphatic rings. The van der Waals surface area contributed by atoms with Crippen molar-refractivity contribution in [3.05, 3.63) is 17.0 Å². The Morgan fingerprint density at radius 3 is 2.72 bits per heavy atom. The molecule has 1 N–H and O–H groups in total. The molecule has 1 aromatic heterocycles. The van der Waals surface area contributed by atoms with Crippen molar-refractivity contribution < 1.29 is 5.11 Å². The topological polar surface area (TPSA) is 49.2 Å². The molecule has 5 heteroatoms. The van der Waals surface area contributed by atoms with E-state index in [0.29, 0.717) is 22.0 Å². The molecule has 0 aromatic carbocycles. The summed E-state index contributed by atoms with van der Waals surface area (Å²) in [6.07, 6.45) is 2.61. The first-order chi connectivity index (χ1) is 8.43. The van der Waals surface area contributed by atoms with E-state index in [-0.39, 0.29) is 6.61 Å². The third-order valence-electron chi connectivity index (χ3n) is 3.74. The van der Waals surface area contributed by atoms with Crippen LogP contribution in [-0.4, -0.2) is 28.2 Å². The number of hydrogen-bond acceptors (Lipinski definition) is 4. The van der Waals surface area contributed by atoms with Crippen LogP contribution >= 0.6 is 11.6 Å². The van der Waals surface area contributed by atoms with Gasteiger partial charge >= 0.3 is 0 Å². The molecule has 0 saturated carbocycles. The van der Waals surface area contributed by atoms with E-state index in [4.69, 9.17) is 11.6 Å². The van der Waals surface area contributed by atoms with Gasteiger partial charge in [0.1, 0.15) is 17.3 Å². The van der Waals surface area contributed by atoms with Crippen LogP contribution in [0.1, 0.15) is 32.8 Å². The molecule has 2 heterocycles. The molecule has 0 spiro atoms. The van der Waals surface area contributed by atoms with Crippen LogP contribution in [-0.2, 0) is 6.61 Å². The van der Waals surface area contributed by atoms with E-state index in [1.165, 1.54) is 6.33 Å². The molecule has 1 aromatic rings. The van der Waals surface area contributed by atoms with Crippen LogP contribution in [0.5, 0.6) is 0 Å². The summed E-state index contributed by atoms with van der Waals surface area (Å²) in [5.41, 5.74) is 0.930. The molecule has 1 fully saturated rings. The summed E-state index contributed by atoms with van der Waals surface area (Å²) < 4.78 is 0. The van der Waals surface area contributed by atoms with Crippen molar-refractivity contribution in [1.29, 1.82) is 0 Å². The van der Waals surface area contributed by atoms with Crippen molar-refractivity contribution in [3.63, 3.8) is 0 Å². The van der Waals surface area contributed by atoms with Crippen LogP contribution in [0, 0.1) is 11.3 Å². The van der Waals surface area contributed by atoms with Crippen LogP contribution in [0.3, 0.4) is 0 Å². The Bertz CT molecular complexity index is 431. The third-order valence-corrected chi connectivity index (χ3v) is 4.07. The van der Waals surface area contributed by atoms with E-state index < -0.39 is 0 Å². The third kappa shape index (κ3) is 2.59. The minimum atomic E-state index is -0.119. The van der Waals surface area contributed by atoms with Gasteiger partial charge in [0.2, 0.25) is 0 Å². The van der Waals surface area contributed by atoms with Crippen LogP contribution in [0.4, 0.5) is 5.82 Å². The summed E-state index contributed by atoms with van der Waals surface area (Å²) in [6.45, 7) is 8.60. The second-order valence-electron chi connectivity index (χ2n) is 5.92. The predicted molar refractivity (Wildman–Crippen MR) is 72.7 cm³/mol. The number of halogens is 1. The van der Waals surface area contributed by atoms with Crippen molar-refractivity contribution in [2.75, 3.05) is 18.0 Å². The van der Waals surface area contributed by atoms with Crippen LogP contribution in [0.2, 0.25) is 5.15 Å². The van der Waals surface area contributed by atoms with Gasteiger partial charge < -0.3 is 10.0 Å². The van der Waals surface area contributed by atoms with E-state index in [1.807, 2.05) is 0 Å². The van der Waals surface area contributed by atoms with E-state index >= 15 is 0 Å². The highest BCUT2D eigenvalue weighted by atomic mass is 35.5. The molecule has 1 saturated heterocycles. The number of aliphatic hydroxyl groups is 1. The Morgan fingerprint density at radius 2 is 2.17 bits per heavy atom. The largest absolute Gasteiger partial charge is 0.391 e. The summed E-state index contributed by atoms with van der Waals surface area (Å²) in [4.78, 5) is 10.4. The Labute approximate surface area is 113 Å². The highest BCUT2D eigenvalue weighted by Crippen LogP contribution is 2.36. The van der Waals surface area contributed by atoms with Crippen molar-refractivity contribution in [2.45, 2.75) is 33.8 Å². The van der Waals surface area contributed by atoms with Gasteiger partial charge in [-0.05, 0) is 17.8 Å². The number of aromatic nitrogens is 2. The van der Waals surface area contributed by atoms with Crippen LogP contribution in [0.15, 0.2) is 6.33 Å². The molecule has 100 valence electrons. The molecular formula is C13H20ClN3O. The van der Waals surface area contributed by atoms with Crippen molar-refractivity contribution in [2.24, 2.45) is 11.3 Å². The zero-order valence-corrected chi connectivity index (χ0v) is 11.9. The van der Waals surface area contributed by atoms with Gasteiger partial charge in [0, 0.05) is 13.1 Å².